The first-order valence-electron chi connectivity index (χ1n) is 12.9. The van der Waals surface area contributed by atoms with Gasteiger partial charge in [-0.25, -0.2) is 9.79 Å². The molecule has 0 saturated carbocycles. The lowest BCUT2D eigenvalue weighted by Crippen LogP contribution is -2.40. The minimum Gasteiger partial charge on any atom is -0.497 e. The highest BCUT2D eigenvalue weighted by atomic mass is 32.1. The van der Waals surface area contributed by atoms with Crippen LogP contribution in [0.3, 0.4) is 0 Å². The summed E-state index contributed by atoms with van der Waals surface area (Å²) >= 11 is 1.23. The molecule has 0 saturated heterocycles. The van der Waals surface area contributed by atoms with Gasteiger partial charge in [0, 0.05) is 11.1 Å². The number of fused-ring (bicyclic) bond motifs is 2. The molecule has 208 valence electrons. The van der Waals surface area contributed by atoms with Crippen LogP contribution in [0.15, 0.2) is 82.1 Å². The summed E-state index contributed by atoms with van der Waals surface area (Å²) in [6.07, 6.45) is 1.75. The molecule has 1 atom stereocenters. The molecule has 0 spiro atoms. The lowest BCUT2D eigenvalue weighted by atomic mass is 9.93. The summed E-state index contributed by atoms with van der Waals surface area (Å²) in [4.78, 5) is 33.1. The molecule has 0 unspecified atom stereocenters. The molecule has 41 heavy (non-hydrogen) atoms. The molecule has 0 amide bonds. The largest absolute Gasteiger partial charge is 0.497 e. The molecule has 0 bridgehead atoms. The van der Waals surface area contributed by atoms with Crippen LogP contribution >= 0.6 is 11.3 Å². The van der Waals surface area contributed by atoms with E-state index in [9.17, 15) is 9.59 Å². The first-order valence-corrected chi connectivity index (χ1v) is 13.7. The molecule has 0 aliphatic carbocycles. The molecule has 3 aromatic carbocycles. The van der Waals surface area contributed by atoms with Gasteiger partial charge in [-0.2, -0.15) is 0 Å². The summed E-state index contributed by atoms with van der Waals surface area (Å²) in [5, 5.41) is 0. The Morgan fingerprint density at radius 1 is 1.05 bits per heavy atom. The summed E-state index contributed by atoms with van der Waals surface area (Å²) in [6.45, 7) is 2.01. The van der Waals surface area contributed by atoms with Gasteiger partial charge >= 0.3 is 5.97 Å². The second-order valence-electron chi connectivity index (χ2n) is 9.15. The van der Waals surface area contributed by atoms with Crippen molar-refractivity contribution in [3.8, 4) is 23.0 Å². The third-order valence-electron chi connectivity index (χ3n) is 6.81. The van der Waals surface area contributed by atoms with Crippen molar-refractivity contribution >= 4 is 29.1 Å². The highest BCUT2D eigenvalue weighted by molar-refractivity contribution is 7.07. The predicted molar refractivity (Wildman–Crippen MR) is 153 cm³/mol. The van der Waals surface area contributed by atoms with Gasteiger partial charge in [0.2, 0.25) is 6.79 Å². The van der Waals surface area contributed by atoms with E-state index in [1.54, 1.807) is 62.1 Å². The molecule has 0 radical (unpaired) electrons. The van der Waals surface area contributed by atoms with Gasteiger partial charge in [-0.15, -0.1) is 0 Å². The van der Waals surface area contributed by atoms with Gasteiger partial charge in [-0.3, -0.25) is 9.36 Å². The van der Waals surface area contributed by atoms with Crippen molar-refractivity contribution in [3.63, 3.8) is 0 Å². The molecule has 0 N–H and O–H groups in total. The second kappa shape index (κ2) is 11.0. The van der Waals surface area contributed by atoms with E-state index < -0.39 is 12.0 Å². The Morgan fingerprint density at radius 2 is 1.85 bits per heavy atom. The summed E-state index contributed by atoms with van der Waals surface area (Å²) < 4.78 is 29.6. The van der Waals surface area contributed by atoms with E-state index in [2.05, 4.69) is 0 Å². The van der Waals surface area contributed by atoms with E-state index in [1.165, 1.54) is 11.3 Å². The predicted octanol–water partition coefficient (Wildman–Crippen LogP) is 3.68. The Morgan fingerprint density at radius 3 is 2.61 bits per heavy atom. The number of rotatable bonds is 7. The molecule has 6 rings (SSSR count). The van der Waals surface area contributed by atoms with Gasteiger partial charge in [0.15, 0.2) is 16.3 Å². The molecule has 10 heteroatoms. The summed E-state index contributed by atoms with van der Waals surface area (Å²) in [5.41, 5.74) is 2.45. The van der Waals surface area contributed by atoms with Crippen LogP contribution in [-0.2, 0) is 9.53 Å². The van der Waals surface area contributed by atoms with E-state index in [0.717, 1.165) is 5.56 Å². The molecule has 9 nitrogen and oxygen atoms in total. The first-order chi connectivity index (χ1) is 20.0. The number of esters is 1. The number of benzene rings is 3. The molecule has 4 aromatic rings. The normalized spacial score (nSPS) is 15.8. The average Bonchev–Trinajstić information content (AvgIpc) is 3.60. The number of hydrogen-bond acceptors (Lipinski definition) is 9. The van der Waals surface area contributed by atoms with Crippen LogP contribution < -0.4 is 33.8 Å². The Kier molecular flexibility index (Phi) is 7.07. The molecule has 2 aliphatic rings. The van der Waals surface area contributed by atoms with Crippen LogP contribution in [0, 0.1) is 0 Å². The van der Waals surface area contributed by atoms with Gasteiger partial charge in [0.1, 0.15) is 11.5 Å². The van der Waals surface area contributed by atoms with Crippen LogP contribution in [0.5, 0.6) is 23.0 Å². The fraction of sp³-hybridized carbons (Fsp3) is 0.194. The minimum absolute atomic E-state index is 0.0970. The Bertz CT molecular complexity index is 1860. The maximum Gasteiger partial charge on any atom is 0.338 e. The Balaban J connectivity index is 1.65. The van der Waals surface area contributed by atoms with Gasteiger partial charge < -0.3 is 23.7 Å². The monoisotopic (exact) mass is 570 g/mol. The highest BCUT2D eigenvalue weighted by Crippen LogP contribution is 2.40. The topological polar surface area (TPSA) is 97.6 Å². The zero-order valence-corrected chi connectivity index (χ0v) is 23.4. The number of carbonyl (C=O) groups excluding carboxylic acids is 1. The number of aromatic nitrogens is 1. The highest BCUT2D eigenvalue weighted by Gasteiger charge is 2.36. The van der Waals surface area contributed by atoms with Gasteiger partial charge in [0.05, 0.1) is 42.7 Å². The summed E-state index contributed by atoms with van der Waals surface area (Å²) in [5.74, 6) is 1.78. The molecule has 1 aromatic heterocycles. The van der Waals surface area contributed by atoms with Crippen molar-refractivity contribution < 1.29 is 28.5 Å². The van der Waals surface area contributed by atoms with E-state index in [1.807, 2.05) is 36.4 Å². The number of methoxy groups -OCH3 is 2. The molecule has 0 fully saturated rings. The molecule has 3 heterocycles. The van der Waals surface area contributed by atoms with Crippen molar-refractivity contribution in [1.82, 2.24) is 4.57 Å². The number of nitrogens with zero attached hydrogens (tertiary/aromatic N) is 2. The van der Waals surface area contributed by atoms with Crippen molar-refractivity contribution in [1.29, 1.82) is 0 Å². The SMILES string of the molecule is CCOC(=O)C1=C(c2ccccc2)N=c2s/c(=C/c3cc(OC)ccc3OC)c(=O)n2[C@@H]1c1ccc2c(c1)OCO2. The minimum atomic E-state index is -0.829. The third kappa shape index (κ3) is 4.76. The first kappa shape index (κ1) is 26.4. The molecular weight excluding hydrogens is 544 g/mol. The van der Waals surface area contributed by atoms with Crippen LogP contribution in [0.2, 0.25) is 0 Å². The maximum absolute atomic E-state index is 14.1. The van der Waals surface area contributed by atoms with Crippen molar-refractivity contribution in [2.75, 3.05) is 27.6 Å². The molecule has 2 aliphatic heterocycles. The second-order valence-corrected chi connectivity index (χ2v) is 10.2. The third-order valence-corrected chi connectivity index (χ3v) is 7.79. The zero-order chi connectivity index (χ0) is 28.5. The zero-order valence-electron chi connectivity index (χ0n) is 22.6. The summed E-state index contributed by atoms with van der Waals surface area (Å²) in [7, 11) is 3.14. The number of hydrogen-bond donors (Lipinski definition) is 0. The van der Waals surface area contributed by atoms with Gasteiger partial charge in [-0.1, -0.05) is 47.7 Å². The van der Waals surface area contributed by atoms with Crippen molar-refractivity contribution in [2.24, 2.45) is 4.99 Å². The lowest BCUT2D eigenvalue weighted by Gasteiger charge is -2.26. The van der Waals surface area contributed by atoms with E-state index in [4.69, 9.17) is 28.7 Å². The van der Waals surface area contributed by atoms with Gasteiger partial charge in [-0.05, 0) is 48.9 Å². The van der Waals surface area contributed by atoms with Crippen LogP contribution in [-0.4, -0.2) is 38.2 Å². The van der Waals surface area contributed by atoms with E-state index >= 15 is 0 Å². The van der Waals surface area contributed by atoms with E-state index in [-0.39, 0.29) is 24.5 Å². The Hall–Kier alpha value is -4.83. The standard InChI is InChI=1S/C31H26N2O7S/c1-4-38-30(35)26-27(18-8-6-5-7-9-18)32-31-33(28(26)19-10-12-23-24(15-19)40-17-39-23)29(34)25(41-31)16-20-14-21(36-2)11-13-22(20)37-3/h5-16,28H,4,17H2,1-3H3/b25-16+/t28-/m1/s1. The molecular formula is C31H26N2O7S. The van der Waals surface area contributed by atoms with Gasteiger partial charge in [0.25, 0.3) is 5.56 Å². The smallest absolute Gasteiger partial charge is 0.338 e. The van der Waals surface area contributed by atoms with Crippen LogP contribution in [0.4, 0.5) is 0 Å². The number of ether oxygens (including phenoxy) is 5. The van der Waals surface area contributed by atoms with Crippen molar-refractivity contribution in [2.45, 2.75) is 13.0 Å². The quantitative estimate of drug-likeness (QED) is 0.313. The van der Waals surface area contributed by atoms with Crippen LogP contribution in [0.25, 0.3) is 11.8 Å². The Labute approximate surface area is 239 Å². The summed E-state index contributed by atoms with van der Waals surface area (Å²) in [6, 6.07) is 19.3. The fourth-order valence-corrected chi connectivity index (χ4v) is 5.92. The lowest BCUT2D eigenvalue weighted by molar-refractivity contribution is -0.138. The number of carbonyl (C=O) groups is 1. The number of thiazole rings is 1. The van der Waals surface area contributed by atoms with Crippen molar-refractivity contribution in [3.05, 3.63) is 109 Å². The average molecular weight is 571 g/mol. The van der Waals surface area contributed by atoms with Crippen LogP contribution in [0.1, 0.15) is 29.7 Å². The maximum atomic E-state index is 14.1. The fourth-order valence-electron chi connectivity index (χ4n) is 4.93. The van der Waals surface area contributed by atoms with E-state index in [0.29, 0.717) is 49.2 Å².